The minimum absolute atomic E-state index is 0.0789. The zero-order valence-electron chi connectivity index (χ0n) is 15.4. The molecule has 2 N–H and O–H groups in total. The van der Waals surface area contributed by atoms with E-state index in [2.05, 4.69) is 20.6 Å². The predicted octanol–water partition coefficient (Wildman–Crippen LogP) is 1.39. The van der Waals surface area contributed by atoms with Gasteiger partial charge in [0, 0.05) is 37.9 Å². The van der Waals surface area contributed by atoms with E-state index < -0.39 is 0 Å². The highest BCUT2D eigenvalue weighted by Gasteiger charge is 2.18. The molecule has 0 radical (unpaired) electrons. The summed E-state index contributed by atoms with van der Waals surface area (Å²) in [5, 5.41) is 15.2. The summed E-state index contributed by atoms with van der Waals surface area (Å²) in [6, 6.07) is 2.04. The zero-order valence-corrected chi connectivity index (χ0v) is 15.4. The van der Waals surface area contributed by atoms with Gasteiger partial charge >= 0.3 is 0 Å². The topological polar surface area (TPSA) is 78.8 Å². The van der Waals surface area contributed by atoms with E-state index in [0.717, 1.165) is 36.6 Å². The molecule has 0 bridgehead atoms. The Balaban J connectivity index is 1.52. The second-order valence-corrected chi connectivity index (χ2v) is 6.96. The minimum atomic E-state index is 0.0789. The van der Waals surface area contributed by atoms with Gasteiger partial charge in [-0.25, -0.2) is 0 Å². The molecule has 0 spiro atoms. The molecule has 1 aliphatic heterocycles. The number of aryl methyl sites for hydroxylation is 2. The number of hydrogen-bond acceptors (Lipinski definition) is 4. The van der Waals surface area contributed by atoms with Gasteiger partial charge in [-0.2, -0.15) is 10.2 Å². The zero-order chi connectivity index (χ0) is 17.8. The van der Waals surface area contributed by atoms with Crippen LogP contribution in [-0.2, 0) is 17.8 Å². The predicted molar refractivity (Wildman–Crippen MR) is 96.5 cm³/mol. The van der Waals surface area contributed by atoms with Gasteiger partial charge in [0.05, 0.1) is 11.4 Å². The van der Waals surface area contributed by atoms with Gasteiger partial charge < -0.3 is 10.2 Å². The molecule has 136 valence electrons. The highest BCUT2D eigenvalue weighted by Crippen LogP contribution is 2.21. The summed E-state index contributed by atoms with van der Waals surface area (Å²) >= 11 is 0. The first kappa shape index (κ1) is 17.7. The van der Waals surface area contributed by atoms with E-state index in [4.69, 9.17) is 0 Å². The Morgan fingerprint density at radius 3 is 2.96 bits per heavy atom. The molecule has 0 aliphatic carbocycles. The van der Waals surface area contributed by atoms with Crippen molar-refractivity contribution in [3.8, 4) is 0 Å². The Morgan fingerprint density at radius 1 is 1.44 bits per heavy atom. The van der Waals surface area contributed by atoms with Crippen LogP contribution in [0.25, 0.3) is 0 Å². The molecular formula is C18H28N6O. The number of nitrogens with zero attached hydrogens (tertiary/aromatic N) is 4. The Morgan fingerprint density at radius 2 is 2.28 bits per heavy atom. The standard InChI is InChI=1S/C18H28N6O/c1-13-16(14(2)21-20-13)6-9-23(3)18(25)12-24-10-7-17(22-24)15-5-4-8-19-11-15/h7,10,15,19H,4-6,8-9,11-12H2,1-3H3,(H,20,21)/t15-/m0/s1. The van der Waals surface area contributed by atoms with Crippen LogP contribution in [0.2, 0.25) is 0 Å². The van der Waals surface area contributed by atoms with E-state index in [9.17, 15) is 4.79 Å². The normalized spacial score (nSPS) is 17.6. The first-order chi connectivity index (χ1) is 12.0. The molecule has 25 heavy (non-hydrogen) atoms. The average Bonchev–Trinajstić information content (AvgIpc) is 3.21. The highest BCUT2D eigenvalue weighted by molar-refractivity contribution is 5.75. The number of aromatic nitrogens is 4. The lowest BCUT2D eigenvalue weighted by Crippen LogP contribution is -2.32. The van der Waals surface area contributed by atoms with Crippen molar-refractivity contribution in [2.24, 2.45) is 0 Å². The lowest BCUT2D eigenvalue weighted by atomic mass is 9.97. The van der Waals surface area contributed by atoms with Crippen molar-refractivity contribution in [2.75, 3.05) is 26.7 Å². The fourth-order valence-corrected chi connectivity index (χ4v) is 3.39. The number of rotatable bonds is 6. The summed E-state index contributed by atoms with van der Waals surface area (Å²) in [6.07, 6.45) is 5.09. The number of hydrogen-bond donors (Lipinski definition) is 2. The van der Waals surface area contributed by atoms with Crippen LogP contribution in [0.3, 0.4) is 0 Å². The number of piperidine rings is 1. The average molecular weight is 344 g/mol. The molecule has 0 saturated carbocycles. The van der Waals surface area contributed by atoms with Gasteiger partial charge in [0.2, 0.25) is 5.91 Å². The lowest BCUT2D eigenvalue weighted by molar-refractivity contribution is -0.130. The molecule has 2 aromatic rings. The molecule has 1 amide bonds. The Bertz CT molecular complexity index is 693. The fraction of sp³-hybridized carbons (Fsp3) is 0.611. The van der Waals surface area contributed by atoms with E-state index >= 15 is 0 Å². The first-order valence-electron chi connectivity index (χ1n) is 9.03. The first-order valence-corrected chi connectivity index (χ1v) is 9.03. The summed E-state index contributed by atoms with van der Waals surface area (Å²) in [5.74, 6) is 0.546. The second kappa shape index (κ2) is 7.82. The smallest absolute Gasteiger partial charge is 0.244 e. The van der Waals surface area contributed by atoms with Crippen LogP contribution in [0.1, 0.15) is 41.4 Å². The summed E-state index contributed by atoms with van der Waals surface area (Å²) in [4.78, 5) is 14.2. The fourth-order valence-electron chi connectivity index (χ4n) is 3.39. The monoisotopic (exact) mass is 344 g/mol. The largest absolute Gasteiger partial charge is 0.344 e. The van der Waals surface area contributed by atoms with E-state index in [-0.39, 0.29) is 5.91 Å². The summed E-state index contributed by atoms with van der Waals surface area (Å²) in [5.41, 5.74) is 4.38. The highest BCUT2D eigenvalue weighted by atomic mass is 16.2. The molecule has 7 nitrogen and oxygen atoms in total. The maximum atomic E-state index is 12.5. The third-order valence-corrected chi connectivity index (χ3v) is 5.08. The molecule has 0 unspecified atom stereocenters. The van der Waals surface area contributed by atoms with Crippen LogP contribution < -0.4 is 5.32 Å². The molecule has 1 aliphatic rings. The quantitative estimate of drug-likeness (QED) is 0.830. The summed E-state index contributed by atoms with van der Waals surface area (Å²) in [7, 11) is 1.85. The molecule has 3 rings (SSSR count). The Hall–Kier alpha value is -2.15. The third kappa shape index (κ3) is 4.28. The van der Waals surface area contributed by atoms with Crippen LogP contribution in [-0.4, -0.2) is 57.5 Å². The number of nitrogens with one attached hydrogen (secondary N) is 2. The van der Waals surface area contributed by atoms with Crippen molar-refractivity contribution in [1.82, 2.24) is 30.2 Å². The van der Waals surface area contributed by atoms with E-state index in [0.29, 0.717) is 19.0 Å². The van der Waals surface area contributed by atoms with Crippen LogP contribution in [0, 0.1) is 13.8 Å². The van der Waals surface area contributed by atoms with Gasteiger partial charge in [-0.1, -0.05) is 0 Å². The maximum Gasteiger partial charge on any atom is 0.244 e. The van der Waals surface area contributed by atoms with Gasteiger partial charge in [-0.3, -0.25) is 14.6 Å². The van der Waals surface area contributed by atoms with Crippen molar-refractivity contribution < 1.29 is 4.79 Å². The molecule has 3 heterocycles. The van der Waals surface area contributed by atoms with Crippen molar-refractivity contribution in [1.29, 1.82) is 0 Å². The molecule has 0 aromatic carbocycles. The van der Waals surface area contributed by atoms with Crippen molar-refractivity contribution in [3.63, 3.8) is 0 Å². The molecule has 2 aromatic heterocycles. The van der Waals surface area contributed by atoms with E-state index in [1.807, 2.05) is 33.2 Å². The van der Waals surface area contributed by atoms with Crippen molar-refractivity contribution >= 4 is 5.91 Å². The molecule has 1 atom stereocenters. The van der Waals surface area contributed by atoms with Crippen LogP contribution in [0.4, 0.5) is 0 Å². The number of aromatic amines is 1. The van der Waals surface area contributed by atoms with Gasteiger partial charge in [-0.15, -0.1) is 0 Å². The maximum absolute atomic E-state index is 12.5. The van der Waals surface area contributed by atoms with Crippen LogP contribution >= 0.6 is 0 Å². The third-order valence-electron chi connectivity index (χ3n) is 5.08. The SMILES string of the molecule is Cc1n[nH]c(C)c1CCN(C)C(=O)Cn1ccc([C@H]2CCCNC2)n1. The number of carbonyl (C=O) groups is 1. The van der Waals surface area contributed by atoms with Crippen LogP contribution in [0.5, 0.6) is 0 Å². The molecule has 1 fully saturated rings. The van der Waals surface area contributed by atoms with Gasteiger partial charge in [0.1, 0.15) is 6.54 Å². The number of amides is 1. The molecular weight excluding hydrogens is 316 g/mol. The van der Waals surface area contributed by atoms with Crippen molar-refractivity contribution in [3.05, 3.63) is 34.9 Å². The number of carbonyl (C=O) groups excluding carboxylic acids is 1. The Labute approximate surface area is 148 Å². The van der Waals surface area contributed by atoms with Crippen LogP contribution in [0.15, 0.2) is 12.3 Å². The van der Waals surface area contributed by atoms with E-state index in [1.165, 1.54) is 18.4 Å². The number of H-pyrrole nitrogens is 1. The van der Waals surface area contributed by atoms with Gasteiger partial charge in [-0.05, 0) is 51.3 Å². The van der Waals surface area contributed by atoms with Gasteiger partial charge in [0.15, 0.2) is 0 Å². The molecule has 7 heteroatoms. The lowest BCUT2D eigenvalue weighted by Gasteiger charge is -2.21. The van der Waals surface area contributed by atoms with Gasteiger partial charge in [0.25, 0.3) is 0 Å². The minimum Gasteiger partial charge on any atom is -0.344 e. The second-order valence-electron chi connectivity index (χ2n) is 6.96. The molecule has 1 saturated heterocycles. The number of likely N-dealkylation sites (N-methyl/N-ethyl adjacent to an activating group) is 1. The summed E-state index contributed by atoms with van der Waals surface area (Å²) in [6.45, 7) is 7.06. The van der Waals surface area contributed by atoms with Crippen molar-refractivity contribution in [2.45, 2.75) is 45.6 Å². The van der Waals surface area contributed by atoms with E-state index in [1.54, 1.807) is 9.58 Å². The summed E-state index contributed by atoms with van der Waals surface area (Å²) < 4.78 is 1.76. The Kier molecular flexibility index (Phi) is 5.53.